The van der Waals surface area contributed by atoms with Crippen LogP contribution in [0.3, 0.4) is 0 Å². The quantitative estimate of drug-likeness (QED) is 0.496. The van der Waals surface area contributed by atoms with Gasteiger partial charge in [0.15, 0.2) is 0 Å². The van der Waals surface area contributed by atoms with Crippen LogP contribution >= 0.6 is 15.9 Å². The molecule has 1 aromatic heterocycles. The van der Waals surface area contributed by atoms with Gasteiger partial charge in [0.25, 0.3) is 0 Å². The molecule has 0 amide bonds. The molecule has 2 heterocycles. The average molecular weight is 452 g/mol. The lowest BCUT2D eigenvalue weighted by Crippen LogP contribution is -2.18. The summed E-state index contributed by atoms with van der Waals surface area (Å²) in [6, 6.07) is 17.0. The summed E-state index contributed by atoms with van der Waals surface area (Å²) in [5.74, 6) is 1.35. The summed E-state index contributed by atoms with van der Waals surface area (Å²) >= 11 is 3.54. The Morgan fingerprint density at radius 3 is 2.59 bits per heavy atom. The minimum atomic E-state index is 0.576. The largest absolute Gasteiger partial charge is 0.365 e. The normalized spacial score (nSPS) is 14.1. The van der Waals surface area contributed by atoms with Gasteiger partial charge in [-0.05, 0) is 72.0 Å². The highest BCUT2D eigenvalue weighted by atomic mass is 79.9. The number of aromatic nitrogens is 2. The molecule has 0 unspecified atom stereocenters. The molecule has 1 aliphatic heterocycles. The molecule has 0 radical (unpaired) electrons. The monoisotopic (exact) mass is 451 g/mol. The molecule has 0 bridgehead atoms. The van der Waals surface area contributed by atoms with Crippen LogP contribution in [-0.4, -0.2) is 28.0 Å². The number of nitrogens with zero attached hydrogens (tertiary/aromatic N) is 3. The van der Waals surface area contributed by atoms with Crippen LogP contribution in [0.5, 0.6) is 0 Å². The third kappa shape index (κ3) is 5.55. The molecular formula is C23H26BrN5. The van der Waals surface area contributed by atoms with Crippen LogP contribution in [0.25, 0.3) is 0 Å². The van der Waals surface area contributed by atoms with Crippen molar-refractivity contribution in [3.8, 4) is 0 Å². The predicted molar refractivity (Wildman–Crippen MR) is 122 cm³/mol. The molecule has 29 heavy (non-hydrogen) atoms. The highest BCUT2D eigenvalue weighted by Gasteiger charge is 2.11. The smallest absolute Gasteiger partial charge is 0.229 e. The van der Waals surface area contributed by atoms with Gasteiger partial charge in [-0.2, -0.15) is 4.98 Å². The molecule has 4 rings (SSSR count). The van der Waals surface area contributed by atoms with Gasteiger partial charge in [-0.3, -0.25) is 4.90 Å². The maximum Gasteiger partial charge on any atom is 0.229 e. The number of anilines is 3. The van der Waals surface area contributed by atoms with E-state index in [1.807, 2.05) is 0 Å². The number of hydrogen-bond donors (Lipinski definition) is 2. The van der Waals surface area contributed by atoms with E-state index in [9.17, 15) is 0 Å². The molecule has 5 nitrogen and oxygen atoms in total. The number of likely N-dealkylation sites (tertiary alicyclic amines) is 1. The van der Waals surface area contributed by atoms with Gasteiger partial charge in [-0.25, -0.2) is 4.98 Å². The zero-order valence-corrected chi connectivity index (χ0v) is 18.2. The van der Waals surface area contributed by atoms with Gasteiger partial charge in [0.1, 0.15) is 5.82 Å². The van der Waals surface area contributed by atoms with Crippen molar-refractivity contribution in [1.29, 1.82) is 0 Å². The zero-order valence-electron chi connectivity index (χ0n) is 16.7. The summed E-state index contributed by atoms with van der Waals surface area (Å²) in [6.45, 7) is 6.27. The fraction of sp³-hybridized carbons (Fsp3) is 0.304. The van der Waals surface area contributed by atoms with Crippen LogP contribution in [0.15, 0.2) is 59.2 Å². The minimum Gasteiger partial charge on any atom is -0.365 e. The number of benzene rings is 2. The standard InChI is InChI=1S/C23H26BrN5/c1-17-5-4-6-19(13-17)14-25-22-21(24)15-26-23(28-22)27-20-9-7-18(8-10-20)16-29-11-2-3-12-29/h4-10,13,15H,2-3,11-12,14,16H2,1H3,(H2,25,26,27,28). The fourth-order valence-electron chi connectivity index (χ4n) is 3.58. The Bertz CT molecular complexity index is 952. The molecule has 0 saturated carbocycles. The van der Waals surface area contributed by atoms with Crippen LogP contribution in [0.4, 0.5) is 17.5 Å². The number of halogens is 1. The highest BCUT2D eigenvalue weighted by molar-refractivity contribution is 9.10. The van der Waals surface area contributed by atoms with Crippen molar-refractivity contribution in [3.63, 3.8) is 0 Å². The van der Waals surface area contributed by atoms with Gasteiger partial charge < -0.3 is 10.6 Å². The highest BCUT2D eigenvalue weighted by Crippen LogP contribution is 2.23. The summed E-state index contributed by atoms with van der Waals surface area (Å²) < 4.78 is 0.844. The number of hydrogen-bond acceptors (Lipinski definition) is 5. The number of aryl methyl sites for hydroxylation is 1. The average Bonchev–Trinajstić information content (AvgIpc) is 3.23. The van der Waals surface area contributed by atoms with Crippen molar-refractivity contribution in [2.75, 3.05) is 23.7 Å². The second-order valence-corrected chi connectivity index (χ2v) is 8.39. The lowest BCUT2D eigenvalue weighted by Gasteiger charge is -2.15. The van der Waals surface area contributed by atoms with Gasteiger partial charge in [0.05, 0.1) is 4.47 Å². The zero-order chi connectivity index (χ0) is 20.1. The van der Waals surface area contributed by atoms with E-state index in [1.165, 1.54) is 42.6 Å². The van der Waals surface area contributed by atoms with Gasteiger partial charge in [-0.1, -0.05) is 42.0 Å². The predicted octanol–water partition coefficient (Wildman–Crippen LogP) is 5.50. The molecule has 2 aromatic carbocycles. The summed E-state index contributed by atoms with van der Waals surface area (Å²) in [5, 5.41) is 6.69. The van der Waals surface area contributed by atoms with Crippen LogP contribution in [0, 0.1) is 6.92 Å². The molecule has 1 fully saturated rings. The summed E-state index contributed by atoms with van der Waals surface area (Å²) in [6.07, 6.45) is 4.41. The van der Waals surface area contributed by atoms with E-state index in [1.54, 1.807) is 6.20 Å². The Labute approximate surface area is 180 Å². The van der Waals surface area contributed by atoms with Crippen LogP contribution in [0.2, 0.25) is 0 Å². The van der Waals surface area contributed by atoms with Crippen LogP contribution < -0.4 is 10.6 Å². The van der Waals surface area contributed by atoms with Crippen molar-refractivity contribution in [2.45, 2.75) is 32.9 Å². The molecule has 6 heteroatoms. The molecule has 1 aliphatic rings. The molecule has 2 N–H and O–H groups in total. The van der Waals surface area contributed by atoms with Gasteiger partial charge in [0, 0.05) is 25.0 Å². The first-order chi connectivity index (χ1) is 14.2. The topological polar surface area (TPSA) is 53.1 Å². The Morgan fingerprint density at radius 2 is 1.83 bits per heavy atom. The van der Waals surface area contributed by atoms with E-state index < -0.39 is 0 Å². The maximum atomic E-state index is 4.62. The summed E-state index contributed by atoms with van der Waals surface area (Å²) in [7, 11) is 0. The van der Waals surface area contributed by atoms with E-state index in [0.717, 1.165) is 22.5 Å². The lowest BCUT2D eigenvalue weighted by atomic mass is 10.1. The number of rotatable bonds is 7. The van der Waals surface area contributed by atoms with Crippen molar-refractivity contribution in [2.24, 2.45) is 0 Å². The Kier molecular flexibility index (Phi) is 6.42. The molecule has 3 aromatic rings. The Balaban J connectivity index is 1.39. The van der Waals surface area contributed by atoms with E-state index in [2.05, 4.69) is 96.9 Å². The molecule has 0 aliphatic carbocycles. The third-order valence-electron chi connectivity index (χ3n) is 5.10. The fourth-order valence-corrected chi connectivity index (χ4v) is 3.91. The summed E-state index contributed by atoms with van der Waals surface area (Å²) in [4.78, 5) is 11.5. The molecule has 0 spiro atoms. The van der Waals surface area contributed by atoms with Crippen molar-refractivity contribution in [3.05, 3.63) is 75.9 Å². The minimum absolute atomic E-state index is 0.576. The second kappa shape index (κ2) is 9.37. The van der Waals surface area contributed by atoms with Crippen molar-refractivity contribution in [1.82, 2.24) is 14.9 Å². The van der Waals surface area contributed by atoms with E-state index in [0.29, 0.717) is 12.5 Å². The molecular weight excluding hydrogens is 426 g/mol. The van der Waals surface area contributed by atoms with Crippen molar-refractivity contribution >= 4 is 33.4 Å². The van der Waals surface area contributed by atoms with Crippen molar-refractivity contribution < 1.29 is 0 Å². The second-order valence-electron chi connectivity index (χ2n) is 7.54. The van der Waals surface area contributed by atoms with E-state index in [4.69, 9.17) is 0 Å². The van der Waals surface area contributed by atoms with Gasteiger partial charge >= 0.3 is 0 Å². The van der Waals surface area contributed by atoms with E-state index >= 15 is 0 Å². The molecule has 1 saturated heterocycles. The Hall–Kier alpha value is -2.44. The third-order valence-corrected chi connectivity index (χ3v) is 5.68. The molecule has 150 valence electrons. The first kappa shape index (κ1) is 19.9. The van der Waals surface area contributed by atoms with E-state index in [-0.39, 0.29) is 0 Å². The van der Waals surface area contributed by atoms with Crippen LogP contribution in [-0.2, 0) is 13.1 Å². The van der Waals surface area contributed by atoms with Crippen LogP contribution in [0.1, 0.15) is 29.5 Å². The van der Waals surface area contributed by atoms with Gasteiger partial charge in [-0.15, -0.1) is 0 Å². The Morgan fingerprint density at radius 1 is 1.03 bits per heavy atom. The first-order valence-corrected chi connectivity index (χ1v) is 10.9. The summed E-state index contributed by atoms with van der Waals surface area (Å²) in [5.41, 5.74) is 4.80. The number of nitrogens with one attached hydrogen (secondary N) is 2. The molecule has 0 atom stereocenters. The maximum absolute atomic E-state index is 4.62. The first-order valence-electron chi connectivity index (χ1n) is 10.1. The SMILES string of the molecule is Cc1cccc(CNc2nc(Nc3ccc(CN4CCCC4)cc3)ncc2Br)c1. The van der Waals surface area contributed by atoms with Gasteiger partial charge in [0.2, 0.25) is 5.95 Å². The lowest BCUT2D eigenvalue weighted by molar-refractivity contribution is 0.331.